The molecule has 0 radical (unpaired) electrons. The number of halogens is 1. The predicted molar refractivity (Wildman–Crippen MR) is 67.1 cm³/mol. The lowest BCUT2D eigenvalue weighted by Crippen LogP contribution is -2.09. The van der Waals surface area contributed by atoms with Crippen molar-refractivity contribution in [3.63, 3.8) is 0 Å². The summed E-state index contributed by atoms with van der Waals surface area (Å²) in [5.74, 6) is 0.936. The van der Waals surface area contributed by atoms with Crippen molar-refractivity contribution in [2.45, 2.75) is 25.8 Å². The average Bonchev–Trinajstić information content (AvgIpc) is 2.80. The monoisotopic (exact) mass is 296 g/mol. The molecule has 0 aliphatic carbocycles. The van der Waals surface area contributed by atoms with Gasteiger partial charge in [-0.15, -0.1) is 0 Å². The number of nitrogens with zero attached hydrogens (tertiary/aromatic N) is 3. The second kappa shape index (κ2) is 5.37. The van der Waals surface area contributed by atoms with Gasteiger partial charge in [0, 0.05) is 10.7 Å². The molecule has 0 saturated carbocycles. The highest BCUT2D eigenvalue weighted by atomic mass is 79.9. The molecule has 2 N–H and O–H groups in total. The van der Waals surface area contributed by atoms with Gasteiger partial charge in [-0.1, -0.05) is 18.5 Å². The SMILES string of the molecule is CCC[C@H](N)c1nc(-c2ccc(Br)cn2)no1. The van der Waals surface area contributed by atoms with E-state index in [1.54, 1.807) is 6.20 Å². The Morgan fingerprint density at radius 1 is 1.47 bits per heavy atom. The summed E-state index contributed by atoms with van der Waals surface area (Å²) in [5, 5.41) is 3.88. The molecule has 0 fully saturated rings. The molecule has 0 aliphatic heterocycles. The van der Waals surface area contributed by atoms with Gasteiger partial charge in [0.25, 0.3) is 0 Å². The van der Waals surface area contributed by atoms with E-state index in [-0.39, 0.29) is 6.04 Å². The first-order chi connectivity index (χ1) is 8.20. The fourth-order valence-corrected chi connectivity index (χ4v) is 1.67. The van der Waals surface area contributed by atoms with Crippen molar-refractivity contribution in [3.05, 3.63) is 28.7 Å². The van der Waals surface area contributed by atoms with Crippen molar-refractivity contribution in [2.24, 2.45) is 5.73 Å². The molecule has 0 aliphatic rings. The number of aromatic nitrogens is 3. The Bertz CT molecular complexity index is 482. The molecule has 2 rings (SSSR count). The fraction of sp³-hybridized carbons (Fsp3) is 0.364. The molecule has 1 atom stereocenters. The van der Waals surface area contributed by atoms with E-state index in [2.05, 4.69) is 38.0 Å². The van der Waals surface area contributed by atoms with Crippen LogP contribution in [0.4, 0.5) is 0 Å². The van der Waals surface area contributed by atoms with E-state index < -0.39 is 0 Å². The van der Waals surface area contributed by atoms with Crippen molar-refractivity contribution in [3.8, 4) is 11.5 Å². The molecule has 0 unspecified atom stereocenters. The Labute approximate surface area is 108 Å². The Morgan fingerprint density at radius 3 is 2.94 bits per heavy atom. The first-order valence-electron chi connectivity index (χ1n) is 5.42. The van der Waals surface area contributed by atoms with Gasteiger partial charge in [0.15, 0.2) is 0 Å². The van der Waals surface area contributed by atoms with E-state index in [1.807, 2.05) is 12.1 Å². The zero-order valence-electron chi connectivity index (χ0n) is 9.43. The molecular weight excluding hydrogens is 284 g/mol. The van der Waals surface area contributed by atoms with E-state index in [0.29, 0.717) is 17.4 Å². The van der Waals surface area contributed by atoms with E-state index in [1.165, 1.54) is 0 Å². The highest BCUT2D eigenvalue weighted by Crippen LogP contribution is 2.19. The van der Waals surface area contributed by atoms with E-state index in [9.17, 15) is 0 Å². The molecule has 6 heteroatoms. The number of pyridine rings is 1. The fourth-order valence-electron chi connectivity index (χ4n) is 1.43. The van der Waals surface area contributed by atoms with Crippen molar-refractivity contribution >= 4 is 15.9 Å². The molecule has 2 aromatic rings. The highest BCUT2D eigenvalue weighted by Gasteiger charge is 2.15. The Kier molecular flexibility index (Phi) is 3.86. The van der Waals surface area contributed by atoms with Gasteiger partial charge in [-0.25, -0.2) is 0 Å². The van der Waals surface area contributed by atoms with Gasteiger partial charge in [0.1, 0.15) is 5.69 Å². The van der Waals surface area contributed by atoms with Crippen LogP contribution in [0.5, 0.6) is 0 Å². The standard InChI is InChI=1S/C11H13BrN4O/c1-2-3-8(13)11-15-10(16-17-11)9-5-4-7(12)6-14-9/h4-6,8H,2-3,13H2,1H3/t8-/m0/s1. The maximum atomic E-state index is 5.90. The first kappa shape index (κ1) is 12.2. The summed E-state index contributed by atoms with van der Waals surface area (Å²) in [5.41, 5.74) is 6.57. The third-order valence-electron chi connectivity index (χ3n) is 2.32. The van der Waals surface area contributed by atoms with Crippen LogP contribution in [0.15, 0.2) is 27.3 Å². The van der Waals surface area contributed by atoms with Crippen LogP contribution in [-0.2, 0) is 0 Å². The Hall–Kier alpha value is -1.27. The second-order valence-corrected chi connectivity index (χ2v) is 4.63. The average molecular weight is 297 g/mol. The molecule has 2 aromatic heterocycles. The van der Waals surface area contributed by atoms with Crippen molar-refractivity contribution in [1.82, 2.24) is 15.1 Å². The van der Waals surface area contributed by atoms with Crippen LogP contribution < -0.4 is 5.73 Å². The third-order valence-corrected chi connectivity index (χ3v) is 2.78. The van der Waals surface area contributed by atoms with E-state index in [4.69, 9.17) is 10.3 Å². The van der Waals surface area contributed by atoms with Crippen LogP contribution in [0.2, 0.25) is 0 Å². The minimum Gasteiger partial charge on any atom is -0.337 e. The van der Waals surface area contributed by atoms with Crippen LogP contribution in [0.3, 0.4) is 0 Å². The lowest BCUT2D eigenvalue weighted by atomic mass is 10.2. The lowest BCUT2D eigenvalue weighted by Gasteiger charge is -2.02. The van der Waals surface area contributed by atoms with Gasteiger partial charge in [0.05, 0.1) is 6.04 Å². The summed E-state index contributed by atoms with van der Waals surface area (Å²) in [6, 6.07) is 3.51. The minimum atomic E-state index is -0.198. The highest BCUT2D eigenvalue weighted by molar-refractivity contribution is 9.10. The zero-order valence-corrected chi connectivity index (χ0v) is 11.0. The zero-order chi connectivity index (χ0) is 12.3. The molecule has 90 valence electrons. The number of hydrogen-bond acceptors (Lipinski definition) is 5. The number of nitrogens with two attached hydrogens (primary N) is 1. The number of rotatable bonds is 4. The first-order valence-corrected chi connectivity index (χ1v) is 6.21. The van der Waals surface area contributed by atoms with Crippen LogP contribution in [-0.4, -0.2) is 15.1 Å². The van der Waals surface area contributed by atoms with Crippen molar-refractivity contribution < 1.29 is 4.52 Å². The molecule has 0 aromatic carbocycles. The van der Waals surface area contributed by atoms with Crippen LogP contribution >= 0.6 is 15.9 Å². The van der Waals surface area contributed by atoms with Crippen LogP contribution in [0.25, 0.3) is 11.5 Å². The van der Waals surface area contributed by atoms with E-state index >= 15 is 0 Å². The van der Waals surface area contributed by atoms with Gasteiger partial charge in [-0.05, 0) is 34.5 Å². The molecule has 0 saturated heterocycles. The summed E-state index contributed by atoms with van der Waals surface area (Å²) in [7, 11) is 0. The quantitative estimate of drug-likeness (QED) is 0.938. The second-order valence-electron chi connectivity index (χ2n) is 3.71. The largest absolute Gasteiger partial charge is 0.337 e. The predicted octanol–water partition coefficient (Wildman–Crippen LogP) is 2.69. The van der Waals surface area contributed by atoms with Gasteiger partial charge in [0.2, 0.25) is 11.7 Å². The summed E-state index contributed by atoms with van der Waals surface area (Å²) in [6.07, 6.45) is 3.50. The lowest BCUT2D eigenvalue weighted by molar-refractivity contribution is 0.348. The molecule has 2 heterocycles. The molecule has 0 bridgehead atoms. The molecule has 17 heavy (non-hydrogen) atoms. The molecule has 0 spiro atoms. The number of hydrogen-bond donors (Lipinski definition) is 1. The maximum Gasteiger partial charge on any atom is 0.243 e. The normalized spacial score (nSPS) is 12.6. The van der Waals surface area contributed by atoms with Crippen LogP contribution in [0, 0.1) is 0 Å². The van der Waals surface area contributed by atoms with Gasteiger partial charge < -0.3 is 10.3 Å². The van der Waals surface area contributed by atoms with Crippen molar-refractivity contribution in [2.75, 3.05) is 0 Å². The van der Waals surface area contributed by atoms with Gasteiger partial charge in [-0.2, -0.15) is 4.98 Å². The molecule has 0 amide bonds. The van der Waals surface area contributed by atoms with Gasteiger partial charge >= 0.3 is 0 Å². The summed E-state index contributed by atoms with van der Waals surface area (Å²) < 4.78 is 6.04. The topological polar surface area (TPSA) is 77.8 Å². The van der Waals surface area contributed by atoms with Crippen molar-refractivity contribution in [1.29, 1.82) is 0 Å². The van der Waals surface area contributed by atoms with Crippen LogP contribution in [0.1, 0.15) is 31.7 Å². The summed E-state index contributed by atoms with van der Waals surface area (Å²) in [6.45, 7) is 2.06. The molecular formula is C11H13BrN4O. The van der Waals surface area contributed by atoms with Gasteiger partial charge in [-0.3, -0.25) is 4.98 Å². The molecule has 5 nitrogen and oxygen atoms in total. The minimum absolute atomic E-state index is 0.198. The summed E-state index contributed by atoms with van der Waals surface area (Å²) >= 11 is 3.32. The maximum absolute atomic E-state index is 5.90. The Balaban J connectivity index is 2.20. The van der Waals surface area contributed by atoms with E-state index in [0.717, 1.165) is 17.3 Å². The third kappa shape index (κ3) is 2.89. The smallest absolute Gasteiger partial charge is 0.243 e. The summed E-state index contributed by atoms with van der Waals surface area (Å²) in [4.78, 5) is 8.44. The Morgan fingerprint density at radius 2 is 2.29 bits per heavy atom.